The average Bonchev–Trinajstić information content (AvgIpc) is 2.93. The largest absolute Gasteiger partial charge is 0.302 e. The highest BCUT2D eigenvalue weighted by molar-refractivity contribution is 7.91. The van der Waals surface area contributed by atoms with Gasteiger partial charge in [-0.15, -0.1) is 0 Å². The number of H-pyrrole nitrogens is 1. The van der Waals surface area contributed by atoms with E-state index in [9.17, 15) is 18.0 Å². The normalized spacial score (nSPS) is 17.7. The molecule has 1 aromatic heterocycles. The molecule has 26 heavy (non-hydrogen) atoms. The second-order valence-electron chi connectivity index (χ2n) is 7.28. The highest BCUT2D eigenvalue weighted by Crippen LogP contribution is 2.45. The number of ketones is 1. The summed E-state index contributed by atoms with van der Waals surface area (Å²) in [6, 6.07) is 1.48. The highest BCUT2D eigenvalue weighted by Gasteiger charge is 2.40. The number of aromatic amines is 1. The maximum Gasteiger partial charge on any atom is 0.277 e. The van der Waals surface area contributed by atoms with E-state index < -0.39 is 26.6 Å². The van der Waals surface area contributed by atoms with Crippen LogP contribution in [-0.2, 0) is 21.8 Å². The number of nitrogens with zero attached hydrogens (tertiary/aromatic N) is 1. The number of fused-ring (bicyclic) bond motifs is 1. The van der Waals surface area contributed by atoms with Crippen LogP contribution in [0.15, 0.2) is 22.0 Å². The van der Waals surface area contributed by atoms with Crippen molar-refractivity contribution >= 4 is 27.2 Å². The van der Waals surface area contributed by atoms with Crippen LogP contribution in [0.1, 0.15) is 54.2 Å². The first-order valence-electron chi connectivity index (χ1n) is 8.40. The second kappa shape index (κ2) is 6.09. The van der Waals surface area contributed by atoms with Crippen LogP contribution >= 0.6 is 11.6 Å². The zero-order valence-corrected chi connectivity index (χ0v) is 16.7. The summed E-state index contributed by atoms with van der Waals surface area (Å²) in [6.45, 7) is 7.69. The first-order valence-corrected chi connectivity index (χ1v) is 10.4. The number of hydrogen-bond donors (Lipinski definition) is 1. The minimum absolute atomic E-state index is 0.00965. The Balaban J connectivity index is 2.29. The standard InChI is InChI=1S/C18H21ClN2O4S/c1-5-21-17(23)12(9-20-21)15(22)11-8-10(2)16-13(14(11)19)18(3,4)6-7-26(16,24)25/h8-9,20H,5-7H2,1-4H3. The van der Waals surface area contributed by atoms with Crippen LogP contribution in [0.4, 0.5) is 0 Å². The lowest BCUT2D eigenvalue weighted by molar-refractivity contribution is 0.103. The van der Waals surface area contributed by atoms with E-state index in [1.807, 2.05) is 13.8 Å². The van der Waals surface area contributed by atoms with Crippen molar-refractivity contribution in [3.05, 3.63) is 49.9 Å². The fourth-order valence-electron chi connectivity index (χ4n) is 3.51. The maximum absolute atomic E-state index is 13.0. The Morgan fingerprint density at radius 3 is 2.58 bits per heavy atom. The van der Waals surface area contributed by atoms with Gasteiger partial charge in [0.2, 0.25) is 5.78 Å². The predicted molar refractivity (Wildman–Crippen MR) is 100 cm³/mol. The van der Waals surface area contributed by atoms with E-state index in [-0.39, 0.29) is 26.8 Å². The minimum Gasteiger partial charge on any atom is -0.302 e. The zero-order chi connectivity index (χ0) is 19.4. The van der Waals surface area contributed by atoms with Crippen LogP contribution in [0.3, 0.4) is 0 Å². The van der Waals surface area contributed by atoms with Gasteiger partial charge in [-0.25, -0.2) is 8.42 Å². The van der Waals surface area contributed by atoms with Crippen LogP contribution < -0.4 is 5.56 Å². The second-order valence-corrected chi connectivity index (χ2v) is 9.70. The fraction of sp³-hybridized carbons (Fsp3) is 0.444. The fourth-order valence-corrected chi connectivity index (χ4v) is 6.28. The van der Waals surface area contributed by atoms with E-state index in [0.717, 1.165) is 0 Å². The molecule has 0 amide bonds. The number of aryl methyl sites for hydroxylation is 2. The Bertz CT molecular complexity index is 1080. The van der Waals surface area contributed by atoms with Gasteiger partial charge in [-0.3, -0.25) is 14.3 Å². The molecule has 6 nitrogen and oxygen atoms in total. The molecule has 0 saturated carbocycles. The Morgan fingerprint density at radius 2 is 2.00 bits per heavy atom. The molecule has 0 aliphatic carbocycles. The summed E-state index contributed by atoms with van der Waals surface area (Å²) in [4.78, 5) is 25.5. The molecule has 1 N–H and O–H groups in total. The number of hydrogen-bond acceptors (Lipinski definition) is 4. The molecule has 0 radical (unpaired) electrons. The van der Waals surface area contributed by atoms with Crippen molar-refractivity contribution in [3.63, 3.8) is 0 Å². The molecule has 0 saturated heterocycles. The van der Waals surface area contributed by atoms with Crippen molar-refractivity contribution in [3.8, 4) is 0 Å². The molecule has 0 unspecified atom stereocenters. The van der Waals surface area contributed by atoms with Gasteiger partial charge in [0.1, 0.15) is 5.56 Å². The molecule has 1 aliphatic rings. The smallest absolute Gasteiger partial charge is 0.277 e. The zero-order valence-electron chi connectivity index (χ0n) is 15.1. The number of carbonyl (C=O) groups excluding carboxylic acids is 1. The van der Waals surface area contributed by atoms with Gasteiger partial charge in [0.15, 0.2) is 9.84 Å². The Labute approximate surface area is 157 Å². The van der Waals surface area contributed by atoms with E-state index in [4.69, 9.17) is 11.6 Å². The van der Waals surface area contributed by atoms with Crippen molar-refractivity contribution in [2.75, 3.05) is 5.75 Å². The number of sulfone groups is 1. The Hall–Kier alpha value is -1.86. The summed E-state index contributed by atoms with van der Waals surface area (Å²) in [5.41, 5.74) is 0.195. The third-order valence-electron chi connectivity index (χ3n) is 5.03. The van der Waals surface area contributed by atoms with Gasteiger partial charge in [0.05, 0.1) is 15.7 Å². The first kappa shape index (κ1) is 18.9. The number of rotatable bonds is 3. The van der Waals surface area contributed by atoms with Crippen molar-refractivity contribution in [1.29, 1.82) is 0 Å². The summed E-state index contributed by atoms with van der Waals surface area (Å²) in [5.74, 6) is -0.454. The summed E-state index contributed by atoms with van der Waals surface area (Å²) in [5, 5.41) is 2.86. The van der Waals surface area contributed by atoms with Gasteiger partial charge >= 0.3 is 0 Å². The SMILES string of the molecule is CCn1[nH]cc(C(=O)c2cc(C)c3c(c2Cl)C(C)(C)CCS3(=O)=O)c1=O. The molecule has 0 spiro atoms. The van der Waals surface area contributed by atoms with Gasteiger partial charge in [-0.05, 0) is 42.9 Å². The molecule has 0 atom stereocenters. The van der Waals surface area contributed by atoms with Crippen molar-refractivity contribution in [2.45, 2.75) is 51.0 Å². The van der Waals surface area contributed by atoms with Gasteiger partial charge < -0.3 is 5.10 Å². The quantitative estimate of drug-likeness (QED) is 0.808. The lowest BCUT2D eigenvalue weighted by atomic mass is 9.79. The monoisotopic (exact) mass is 396 g/mol. The van der Waals surface area contributed by atoms with Gasteiger partial charge in [0.25, 0.3) is 5.56 Å². The molecular weight excluding hydrogens is 376 g/mol. The molecule has 8 heteroatoms. The first-order chi connectivity index (χ1) is 12.0. The predicted octanol–water partition coefficient (Wildman–Crippen LogP) is 2.84. The van der Waals surface area contributed by atoms with Crippen LogP contribution in [0, 0.1) is 6.92 Å². The van der Waals surface area contributed by atoms with Crippen molar-refractivity contribution < 1.29 is 13.2 Å². The molecule has 1 aliphatic heterocycles. The third-order valence-corrected chi connectivity index (χ3v) is 7.31. The third kappa shape index (κ3) is 2.74. The molecule has 3 rings (SSSR count). The van der Waals surface area contributed by atoms with Gasteiger partial charge in [0, 0.05) is 18.3 Å². The van der Waals surface area contributed by atoms with E-state index in [1.165, 1.54) is 16.9 Å². The van der Waals surface area contributed by atoms with E-state index in [0.29, 0.717) is 24.1 Å². The summed E-state index contributed by atoms with van der Waals surface area (Å²) < 4.78 is 26.5. The summed E-state index contributed by atoms with van der Waals surface area (Å²) in [6.07, 6.45) is 1.78. The highest BCUT2D eigenvalue weighted by atomic mass is 35.5. The van der Waals surface area contributed by atoms with Gasteiger partial charge in [-0.2, -0.15) is 0 Å². The van der Waals surface area contributed by atoms with Crippen LogP contribution in [-0.4, -0.2) is 29.7 Å². The molecule has 1 aromatic carbocycles. The summed E-state index contributed by atoms with van der Waals surface area (Å²) >= 11 is 6.54. The lowest BCUT2D eigenvalue weighted by Crippen LogP contribution is -2.32. The van der Waals surface area contributed by atoms with E-state index >= 15 is 0 Å². The van der Waals surface area contributed by atoms with Crippen LogP contribution in [0.5, 0.6) is 0 Å². The number of carbonyl (C=O) groups is 1. The van der Waals surface area contributed by atoms with E-state index in [1.54, 1.807) is 13.8 Å². The van der Waals surface area contributed by atoms with Gasteiger partial charge in [-0.1, -0.05) is 25.4 Å². The lowest BCUT2D eigenvalue weighted by Gasteiger charge is -2.34. The number of aromatic nitrogens is 2. The minimum atomic E-state index is -3.45. The number of benzene rings is 1. The van der Waals surface area contributed by atoms with Crippen molar-refractivity contribution in [1.82, 2.24) is 9.78 Å². The van der Waals surface area contributed by atoms with E-state index in [2.05, 4.69) is 5.10 Å². The Kier molecular flexibility index (Phi) is 4.43. The molecular formula is C18H21ClN2O4S. The topological polar surface area (TPSA) is 89.0 Å². The van der Waals surface area contributed by atoms with Crippen LogP contribution in [0.2, 0.25) is 5.02 Å². The van der Waals surface area contributed by atoms with Crippen LogP contribution in [0.25, 0.3) is 0 Å². The molecule has 0 fully saturated rings. The Morgan fingerprint density at radius 1 is 1.35 bits per heavy atom. The average molecular weight is 397 g/mol. The maximum atomic E-state index is 13.0. The molecule has 2 aromatic rings. The summed E-state index contributed by atoms with van der Waals surface area (Å²) in [7, 11) is -3.45. The molecule has 2 heterocycles. The molecule has 0 bridgehead atoms. The number of nitrogens with one attached hydrogen (secondary N) is 1. The molecule has 140 valence electrons. The number of halogens is 1. The van der Waals surface area contributed by atoms with Crippen molar-refractivity contribution in [2.24, 2.45) is 0 Å².